The monoisotopic (exact) mass is 382 g/mol. The number of carbonyl (C=O) groups excluding carboxylic acids is 2. The fourth-order valence-corrected chi connectivity index (χ4v) is 4.49. The third-order valence-electron chi connectivity index (χ3n) is 5.06. The second kappa shape index (κ2) is 6.04. The smallest absolute Gasteiger partial charge is 0.257 e. The van der Waals surface area contributed by atoms with E-state index >= 15 is 0 Å². The van der Waals surface area contributed by atoms with Crippen molar-refractivity contribution >= 4 is 28.2 Å². The summed E-state index contributed by atoms with van der Waals surface area (Å²) in [7, 11) is 0. The molecule has 1 aromatic rings. The Hall–Kier alpha value is -1.44. The Morgan fingerprint density at radius 2 is 1.73 bits per heavy atom. The number of anilines is 1. The van der Waals surface area contributed by atoms with Gasteiger partial charge in [-0.25, -0.2) is 0 Å². The van der Waals surface area contributed by atoms with Crippen molar-refractivity contribution in [1.29, 1.82) is 0 Å². The molecular formula is C19H30N2O4S. The van der Waals surface area contributed by atoms with E-state index in [0.717, 1.165) is 10.4 Å². The Kier molecular flexibility index (Phi) is 4.85. The molecule has 2 heterocycles. The number of nitrogens with two attached hydrogens (primary N) is 1. The van der Waals surface area contributed by atoms with E-state index in [1.54, 1.807) is 20.8 Å². The molecule has 1 aliphatic heterocycles. The molecule has 1 aromatic heterocycles. The number of aliphatic hydroxyl groups is 1. The largest absolute Gasteiger partial charge is 0.380 e. The maximum atomic E-state index is 12.7. The van der Waals surface area contributed by atoms with E-state index in [1.807, 2.05) is 27.7 Å². The first-order valence-corrected chi connectivity index (χ1v) is 9.51. The van der Waals surface area contributed by atoms with Crippen LogP contribution in [0.4, 0.5) is 5.00 Å². The van der Waals surface area contributed by atoms with E-state index in [2.05, 4.69) is 5.32 Å². The molecular weight excluding hydrogens is 352 g/mol. The van der Waals surface area contributed by atoms with E-state index in [4.69, 9.17) is 10.5 Å². The maximum absolute atomic E-state index is 12.7. The molecule has 1 aliphatic rings. The Bertz CT molecular complexity index is 754. The molecule has 0 aliphatic carbocycles. The van der Waals surface area contributed by atoms with Gasteiger partial charge in [0.1, 0.15) is 10.6 Å². The summed E-state index contributed by atoms with van der Waals surface area (Å²) in [6.07, 6.45) is 0.520. The molecule has 0 radical (unpaired) electrons. The summed E-state index contributed by atoms with van der Waals surface area (Å²) in [5.41, 5.74) is 3.41. The van der Waals surface area contributed by atoms with Crippen LogP contribution >= 0.6 is 11.3 Å². The van der Waals surface area contributed by atoms with Crippen LogP contribution in [0.5, 0.6) is 0 Å². The van der Waals surface area contributed by atoms with Crippen LogP contribution in [0.25, 0.3) is 0 Å². The highest BCUT2D eigenvalue weighted by molar-refractivity contribution is 7.17. The SMILES string of the molecule is CC1(C)Cc2c(sc(NC(=O)C(C)(O)C(C)(C)C)c2C(N)=O)C(C)(C)O1. The van der Waals surface area contributed by atoms with Crippen LogP contribution in [0, 0.1) is 5.41 Å². The second-order valence-corrected chi connectivity index (χ2v) is 10.3. The van der Waals surface area contributed by atoms with Crippen LogP contribution in [0.3, 0.4) is 0 Å². The van der Waals surface area contributed by atoms with Crippen LogP contribution < -0.4 is 11.1 Å². The van der Waals surface area contributed by atoms with Gasteiger partial charge >= 0.3 is 0 Å². The number of hydrogen-bond donors (Lipinski definition) is 3. The normalized spacial score (nSPS) is 20.8. The number of hydrogen-bond acceptors (Lipinski definition) is 5. The minimum absolute atomic E-state index is 0.313. The van der Waals surface area contributed by atoms with Crippen molar-refractivity contribution in [3.63, 3.8) is 0 Å². The number of primary amides is 1. The lowest BCUT2D eigenvalue weighted by molar-refractivity contribution is -0.143. The van der Waals surface area contributed by atoms with Gasteiger partial charge in [-0.2, -0.15) is 0 Å². The summed E-state index contributed by atoms with van der Waals surface area (Å²) >= 11 is 1.28. The van der Waals surface area contributed by atoms with Crippen molar-refractivity contribution in [2.45, 2.75) is 78.6 Å². The van der Waals surface area contributed by atoms with Gasteiger partial charge in [0.15, 0.2) is 0 Å². The van der Waals surface area contributed by atoms with Crippen molar-refractivity contribution < 1.29 is 19.4 Å². The average Bonchev–Trinajstić information content (AvgIpc) is 2.73. The number of carbonyl (C=O) groups is 2. The molecule has 0 bridgehead atoms. The highest BCUT2D eigenvalue weighted by Gasteiger charge is 2.45. The molecule has 7 heteroatoms. The molecule has 0 aromatic carbocycles. The van der Waals surface area contributed by atoms with E-state index in [0.29, 0.717) is 17.0 Å². The van der Waals surface area contributed by atoms with Crippen molar-refractivity contribution in [3.8, 4) is 0 Å². The number of rotatable bonds is 3. The predicted octanol–water partition coefficient (Wildman–Crippen LogP) is 3.17. The van der Waals surface area contributed by atoms with Crippen LogP contribution in [0.15, 0.2) is 0 Å². The van der Waals surface area contributed by atoms with Gasteiger partial charge in [-0.15, -0.1) is 11.3 Å². The van der Waals surface area contributed by atoms with Crippen molar-refractivity contribution in [2.24, 2.45) is 11.1 Å². The van der Waals surface area contributed by atoms with Gasteiger partial charge in [0, 0.05) is 11.3 Å². The molecule has 6 nitrogen and oxygen atoms in total. The molecule has 0 fully saturated rings. The second-order valence-electron chi connectivity index (χ2n) is 9.30. The third-order valence-corrected chi connectivity index (χ3v) is 6.52. The summed E-state index contributed by atoms with van der Waals surface area (Å²) in [4.78, 5) is 25.8. The zero-order valence-corrected chi connectivity index (χ0v) is 17.7. The van der Waals surface area contributed by atoms with Crippen molar-refractivity contribution in [1.82, 2.24) is 0 Å². The lowest BCUT2D eigenvalue weighted by atomic mass is 9.77. The Morgan fingerprint density at radius 1 is 1.19 bits per heavy atom. The summed E-state index contributed by atoms with van der Waals surface area (Å²) in [6.45, 7) is 14.6. The number of nitrogens with one attached hydrogen (secondary N) is 1. The molecule has 1 atom stereocenters. The van der Waals surface area contributed by atoms with Crippen LogP contribution in [0.1, 0.15) is 76.2 Å². The molecule has 146 valence electrons. The Labute approximate surface area is 159 Å². The van der Waals surface area contributed by atoms with E-state index < -0.39 is 34.0 Å². The first-order chi connectivity index (χ1) is 11.5. The topological polar surface area (TPSA) is 102 Å². The minimum atomic E-state index is -1.61. The van der Waals surface area contributed by atoms with Gasteiger partial charge in [0.25, 0.3) is 11.8 Å². The van der Waals surface area contributed by atoms with Gasteiger partial charge in [-0.3, -0.25) is 9.59 Å². The minimum Gasteiger partial charge on any atom is -0.380 e. The number of ether oxygens (including phenoxy) is 1. The number of fused-ring (bicyclic) bond motifs is 1. The zero-order valence-electron chi connectivity index (χ0n) is 16.9. The molecule has 1 unspecified atom stereocenters. The molecule has 2 rings (SSSR count). The highest BCUT2D eigenvalue weighted by Crippen LogP contribution is 2.48. The van der Waals surface area contributed by atoms with Gasteiger partial charge in [0.2, 0.25) is 0 Å². The van der Waals surface area contributed by atoms with Crippen LogP contribution in [-0.2, 0) is 21.6 Å². The number of thiophene rings is 1. The molecule has 0 saturated carbocycles. The van der Waals surface area contributed by atoms with Gasteiger partial charge in [0.05, 0.1) is 16.8 Å². The Morgan fingerprint density at radius 3 is 2.19 bits per heavy atom. The quantitative estimate of drug-likeness (QED) is 0.747. The Balaban J connectivity index is 2.54. The standard InChI is InChI=1S/C19H30N2O4S/c1-16(2,3)19(8,24)15(23)21-14-11(13(20)22)10-9-17(4,5)25-18(6,7)12(10)26-14/h24H,9H2,1-8H3,(H2,20,22)(H,21,23). The molecule has 0 saturated heterocycles. The summed E-state index contributed by atoms with van der Waals surface area (Å²) < 4.78 is 6.16. The molecule has 4 N–H and O–H groups in total. The first-order valence-electron chi connectivity index (χ1n) is 8.69. The van der Waals surface area contributed by atoms with Gasteiger partial charge in [-0.05, 0) is 45.6 Å². The summed E-state index contributed by atoms with van der Waals surface area (Å²) in [6, 6.07) is 0. The van der Waals surface area contributed by atoms with E-state index in [-0.39, 0.29) is 0 Å². The third kappa shape index (κ3) is 3.52. The molecule has 26 heavy (non-hydrogen) atoms. The lowest BCUT2D eigenvalue weighted by Crippen LogP contribution is -2.50. The van der Waals surface area contributed by atoms with Gasteiger partial charge in [-0.1, -0.05) is 20.8 Å². The van der Waals surface area contributed by atoms with E-state index in [1.165, 1.54) is 18.3 Å². The first kappa shape index (κ1) is 20.9. The van der Waals surface area contributed by atoms with Crippen LogP contribution in [0.2, 0.25) is 0 Å². The highest BCUT2D eigenvalue weighted by atomic mass is 32.1. The van der Waals surface area contributed by atoms with Crippen LogP contribution in [-0.4, -0.2) is 28.1 Å². The summed E-state index contributed by atoms with van der Waals surface area (Å²) in [5, 5.41) is 13.8. The van der Waals surface area contributed by atoms with Crippen molar-refractivity contribution in [2.75, 3.05) is 5.32 Å². The maximum Gasteiger partial charge on any atom is 0.257 e. The molecule has 2 amide bonds. The zero-order chi connectivity index (χ0) is 20.3. The predicted molar refractivity (Wildman–Crippen MR) is 103 cm³/mol. The fourth-order valence-electron chi connectivity index (χ4n) is 3.23. The summed E-state index contributed by atoms with van der Waals surface area (Å²) in [5.74, 6) is -1.16. The molecule has 0 spiro atoms. The average molecular weight is 383 g/mol. The lowest BCUT2D eigenvalue weighted by Gasteiger charge is -2.41. The fraction of sp³-hybridized carbons (Fsp3) is 0.684. The van der Waals surface area contributed by atoms with Gasteiger partial charge < -0.3 is 20.9 Å². The van der Waals surface area contributed by atoms with E-state index in [9.17, 15) is 14.7 Å². The van der Waals surface area contributed by atoms with Crippen molar-refractivity contribution in [3.05, 3.63) is 16.0 Å². The number of amides is 2.